The van der Waals surface area contributed by atoms with Gasteiger partial charge in [0.15, 0.2) is 0 Å². The Labute approximate surface area is 104 Å². The quantitative estimate of drug-likeness (QED) is 0.891. The topological polar surface area (TPSA) is 45.0 Å². The predicted molar refractivity (Wildman–Crippen MR) is 61.7 cm³/mol. The standard InChI is InChI=1S/C13H14F2N2O/c1-13(7-18-8-13)6-17-5-10-11(14)2-9(4-16)3-12(10)15/h2-3,17H,5-8H2,1H3. The van der Waals surface area contributed by atoms with Crippen LogP contribution in [0.4, 0.5) is 8.78 Å². The van der Waals surface area contributed by atoms with Gasteiger partial charge in [-0.05, 0) is 12.1 Å². The van der Waals surface area contributed by atoms with Crippen LogP contribution in [0.15, 0.2) is 12.1 Å². The second-order valence-corrected chi connectivity index (χ2v) is 4.94. The molecule has 0 atom stereocenters. The zero-order valence-electron chi connectivity index (χ0n) is 10.1. The lowest BCUT2D eigenvalue weighted by Crippen LogP contribution is -2.47. The Morgan fingerprint density at radius 2 is 2.00 bits per heavy atom. The van der Waals surface area contributed by atoms with E-state index in [-0.39, 0.29) is 23.1 Å². The van der Waals surface area contributed by atoms with Crippen LogP contribution in [0.25, 0.3) is 0 Å². The number of benzene rings is 1. The third-order valence-electron chi connectivity index (χ3n) is 3.02. The highest BCUT2D eigenvalue weighted by atomic mass is 19.1. The van der Waals surface area contributed by atoms with Crippen LogP contribution in [0, 0.1) is 28.4 Å². The number of hydrogen-bond acceptors (Lipinski definition) is 3. The molecule has 1 saturated heterocycles. The van der Waals surface area contributed by atoms with Crippen molar-refractivity contribution in [3.63, 3.8) is 0 Å². The van der Waals surface area contributed by atoms with Crippen LogP contribution >= 0.6 is 0 Å². The molecule has 1 heterocycles. The molecule has 18 heavy (non-hydrogen) atoms. The molecule has 1 N–H and O–H groups in total. The van der Waals surface area contributed by atoms with Gasteiger partial charge in [-0.15, -0.1) is 0 Å². The molecule has 0 aliphatic carbocycles. The van der Waals surface area contributed by atoms with E-state index in [0.29, 0.717) is 19.8 Å². The van der Waals surface area contributed by atoms with Crippen molar-refractivity contribution in [2.45, 2.75) is 13.5 Å². The average molecular weight is 252 g/mol. The Morgan fingerprint density at radius 1 is 1.39 bits per heavy atom. The zero-order valence-corrected chi connectivity index (χ0v) is 10.1. The number of hydrogen-bond donors (Lipinski definition) is 1. The van der Waals surface area contributed by atoms with Crippen LogP contribution < -0.4 is 5.32 Å². The van der Waals surface area contributed by atoms with Crippen LogP contribution in [0.2, 0.25) is 0 Å². The monoisotopic (exact) mass is 252 g/mol. The molecule has 0 saturated carbocycles. The molecular formula is C13H14F2N2O. The summed E-state index contributed by atoms with van der Waals surface area (Å²) in [4.78, 5) is 0. The molecule has 1 aliphatic heterocycles. The maximum absolute atomic E-state index is 13.6. The maximum atomic E-state index is 13.6. The fraction of sp³-hybridized carbons (Fsp3) is 0.462. The van der Waals surface area contributed by atoms with Crippen molar-refractivity contribution in [2.24, 2.45) is 5.41 Å². The molecule has 1 fully saturated rings. The van der Waals surface area contributed by atoms with Crippen LogP contribution in [-0.2, 0) is 11.3 Å². The molecule has 2 rings (SSSR count). The van der Waals surface area contributed by atoms with Gasteiger partial charge in [0, 0.05) is 24.1 Å². The van der Waals surface area contributed by atoms with Crippen molar-refractivity contribution >= 4 is 0 Å². The molecular weight excluding hydrogens is 238 g/mol. The van der Waals surface area contributed by atoms with E-state index in [1.54, 1.807) is 6.07 Å². The molecule has 0 amide bonds. The number of nitrogens with zero attached hydrogens (tertiary/aromatic N) is 1. The normalized spacial score (nSPS) is 17.0. The minimum absolute atomic E-state index is 0.00638. The number of halogens is 2. The summed E-state index contributed by atoms with van der Waals surface area (Å²) in [6, 6.07) is 3.82. The first-order chi connectivity index (χ1) is 8.54. The Balaban J connectivity index is 1.99. The molecule has 0 aromatic heterocycles. The molecule has 1 aliphatic rings. The van der Waals surface area contributed by atoms with Gasteiger partial charge in [-0.1, -0.05) is 6.92 Å². The van der Waals surface area contributed by atoms with Crippen LogP contribution in [0.1, 0.15) is 18.1 Å². The summed E-state index contributed by atoms with van der Waals surface area (Å²) in [5, 5.41) is 11.6. The number of nitriles is 1. The lowest BCUT2D eigenvalue weighted by atomic mass is 9.89. The van der Waals surface area contributed by atoms with E-state index in [0.717, 1.165) is 12.1 Å². The Kier molecular flexibility index (Phi) is 3.60. The van der Waals surface area contributed by atoms with Gasteiger partial charge in [0.25, 0.3) is 0 Å². The summed E-state index contributed by atoms with van der Waals surface area (Å²) in [6.07, 6.45) is 0. The zero-order chi connectivity index (χ0) is 13.2. The summed E-state index contributed by atoms with van der Waals surface area (Å²) in [5.74, 6) is -1.37. The molecule has 0 radical (unpaired) electrons. The average Bonchev–Trinajstić information content (AvgIpc) is 2.30. The smallest absolute Gasteiger partial charge is 0.131 e. The van der Waals surface area contributed by atoms with Gasteiger partial charge in [-0.25, -0.2) is 8.78 Å². The SMILES string of the molecule is CC1(CNCc2c(F)cc(C#N)cc2F)COC1. The van der Waals surface area contributed by atoms with Crippen LogP contribution in [-0.4, -0.2) is 19.8 Å². The summed E-state index contributed by atoms with van der Waals surface area (Å²) < 4.78 is 32.2. The van der Waals surface area contributed by atoms with E-state index in [2.05, 4.69) is 12.2 Å². The number of nitrogens with one attached hydrogen (secondary N) is 1. The summed E-state index contributed by atoms with van der Waals surface area (Å²) >= 11 is 0. The van der Waals surface area contributed by atoms with Crippen molar-refractivity contribution in [3.8, 4) is 6.07 Å². The fourth-order valence-corrected chi connectivity index (χ4v) is 1.88. The van der Waals surface area contributed by atoms with Crippen molar-refractivity contribution in [1.82, 2.24) is 5.32 Å². The minimum atomic E-state index is -0.686. The Hall–Kier alpha value is -1.51. The van der Waals surface area contributed by atoms with E-state index >= 15 is 0 Å². The van der Waals surface area contributed by atoms with Crippen molar-refractivity contribution in [2.75, 3.05) is 19.8 Å². The molecule has 96 valence electrons. The lowest BCUT2D eigenvalue weighted by molar-refractivity contribution is -0.0991. The summed E-state index contributed by atoms with van der Waals surface area (Å²) in [7, 11) is 0. The minimum Gasteiger partial charge on any atom is -0.380 e. The first-order valence-corrected chi connectivity index (χ1v) is 5.70. The van der Waals surface area contributed by atoms with Crippen LogP contribution in [0.3, 0.4) is 0 Å². The summed E-state index contributed by atoms with van der Waals surface area (Å²) in [5.41, 5.74) is 0.0189. The highest BCUT2D eigenvalue weighted by molar-refractivity contribution is 5.34. The lowest BCUT2D eigenvalue weighted by Gasteiger charge is -2.38. The van der Waals surface area contributed by atoms with Crippen molar-refractivity contribution in [1.29, 1.82) is 5.26 Å². The highest BCUT2D eigenvalue weighted by Gasteiger charge is 2.32. The Bertz CT molecular complexity index is 469. The molecule has 3 nitrogen and oxygen atoms in total. The fourth-order valence-electron chi connectivity index (χ4n) is 1.88. The van der Waals surface area contributed by atoms with Crippen molar-refractivity contribution in [3.05, 3.63) is 34.9 Å². The third kappa shape index (κ3) is 2.66. The second kappa shape index (κ2) is 5.01. The highest BCUT2D eigenvalue weighted by Crippen LogP contribution is 2.25. The van der Waals surface area contributed by atoms with Gasteiger partial charge in [-0.2, -0.15) is 5.26 Å². The second-order valence-electron chi connectivity index (χ2n) is 4.94. The Morgan fingerprint density at radius 3 is 2.44 bits per heavy atom. The largest absolute Gasteiger partial charge is 0.380 e. The van der Waals surface area contributed by atoms with Crippen molar-refractivity contribution < 1.29 is 13.5 Å². The van der Waals surface area contributed by atoms with Crippen LogP contribution in [0.5, 0.6) is 0 Å². The van der Waals surface area contributed by atoms with E-state index in [1.165, 1.54) is 0 Å². The number of ether oxygens (including phenoxy) is 1. The van der Waals surface area contributed by atoms with Gasteiger partial charge in [0.2, 0.25) is 0 Å². The van der Waals surface area contributed by atoms with Gasteiger partial charge in [-0.3, -0.25) is 0 Å². The molecule has 1 aromatic carbocycles. The summed E-state index contributed by atoms with van der Waals surface area (Å²) in [6.45, 7) is 4.14. The van der Waals surface area contributed by atoms with Gasteiger partial charge in [0.05, 0.1) is 24.8 Å². The predicted octanol–water partition coefficient (Wildman–Crippen LogP) is 1.96. The molecule has 0 bridgehead atoms. The van der Waals surface area contributed by atoms with Gasteiger partial charge < -0.3 is 10.1 Å². The maximum Gasteiger partial charge on any atom is 0.131 e. The van der Waals surface area contributed by atoms with E-state index < -0.39 is 11.6 Å². The van der Waals surface area contributed by atoms with Gasteiger partial charge >= 0.3 is 0 Å². The van der Waals surface area contributed by atoms with E-state index in [9.17, 15) is 8.78 Å². The first kappa shape index (κ1) is 12.9. The molecule has 1 aromatic rings. The van der Waals surface area contributed by atoms with E-state index in [1.807, 2.05) is 0 Å². The molecule has 0 spiro atoms. The third-order valence-corrected chi connectivity index (χ3v) is 3.02. The molecule has 0 unspecified atom stereocenters. The van der Waals surface area contributed by atoms with E-state index in [4.69, 9.17) is 10.00 Å². The number of rotatable bonds is 4. The first-order valence-electron chi connectivity index (χ1n) is 5.70. The van der Waals surface area contributed by atoms with Gasteiger partial charge in [0.1, 0.15) is 11.6 Å². The molecule has 5 heteroatoms.